The highest BCUT2D eigenvalue weighted by atomic mass is 127. The van der Waals surface area contributed by atoms with Gasteiger partial charge in [-0.1, -0.05) is 6.07 Å². The number of piperidine rings is 1. The van der Waals surface area contributed by atoms with Crippen LogP contribution in [0.3, 0.4) is 0 Å². The molecule has 2 N–H and O–H groups in total. The van der Waals surface area contributed by atoms with E-state index in [9.17, 15) is 9.59 Å². The van der Waals surface area contributed by atoms with E-state index < -0.39 is 0 Å². The molecule has 2 rings (SSSR count). The molecule has 0 spiro atoms. The van der Waals surface area contributed by atoms with Crippen molar-refractivity contribution in [2.45, 2.75) is 33.1 Å². The molecule has 2 heterocycles. The lowest BCUT2D eigenvalue weighted by molar-refractivity contribution is -0.149. The summed E-state index contributed by atoms with van der Waals surface area (Å²) in [4.78, 5) is 34.6. The Kier molecular flexibility index (Phi) is 10.8. The summed E-state index contributed by atoms with van der Waals surface area (Å²) < 4.78 is 5.14. The van der Waals surface area contributed by atoms with Gasteiger partial charge in [0.15, 0.2) is 5.96 Å². The lowest BCUT2D eigenvalue weighted by Gasteiger charge is -2.33. The second kappa shape index (κ2) is 12.5. The fourth-order valence-electron chi connectivity index (χ4n) is 3.06. The third-order valence-corrected chi connectivity index (χ3v) is 4.34. The zero-order valence-corrected chi connectivity index (χ0v) is 19.1. The number of aromatic nitrogens is 1. The minimum Gasteiger partial charge on any atom is -0.466 e. The van der Waals surface area contributed by atoms with Crippen molar-refractivity contribution < 1.29 is 14.3 Å². The molecule has 1 aliphatic rings. The molecule has 8 nitrogen and oxygen atoms in total. The molecule has 28 heavy (non-hydrogen) atoms. The van der Waals surface area contributed by atoms with Gasteiger partial charge >= 0.3 is 5.97 Å². The predicted molar refractivity (Wildman–Crippen MR) is 120 cm³/mol. The Morgan fingerprint density at radius 2 is 2.18 bits per heavy atom. The van der Waals surface area contributed by atoms with Crippen LogP contribution in [0.25, 0.3) is 0 Å². The van der Waals surface area contributed by atoms with Gasteiger partial charge in [0.1, 0.15) is 5.82 Å². The van der Waals surface area contributed by atoms with Crippen LogP contribution < -0.4 is 10.6 Å². The van der Waals surface area contributed by atoms with Crippen LogP contribution in [0.5, 0.6) is 0 Å². The molecule has 0 saturated carbocycles. The van der Waals surface area contributed by atoms with Crippen molar-refractivity contribution >= 4 is 47.6 Å². The molecule has 1 atom stereocenters. The number of halogens is 1. The number of amides is 1. The highest BCUT2D eigenvalue weighted by Crippen LogP contribution is 2.18. The van der Waals surface area contributed by atoms with Gasteiger partial charge in [-0.15, -0.1) is 24.0 Å². The fourth-order valence-corrected chi connectivity index (χ4v) is 3.06. The Hall–Kier alpha value is -1.91. The third kappa shape index (κ3) is 7.61. The lowest BCUT2D eigenvalue weighted by Crippen LogP contribution is -2.48. The summed E-state index contributed by atoms with van der Waals surface area (Å²) in [5.41, 5.74) is 0.854. The number of pyridine rings is 1. The summed E-state index contributed by atoms with van der Waals surface area (Å²) in [5.74, 6) is 0.859. The zero-order chi connectivity index (χ0) is 19.6. The average Bonchev–Trinajstić information content (AvgIpc) is 2.65. The van der Waals surface area contributed by atoms with E-state index in [0.717, 1.165) is 25.1 Å². The van der Waals surface area contributed by atoms with E-state index in [2.05, 4.69) is 20.6 Å². The second-order valence-corrected chi connectivity index (χ2v) is 6.47. The standard InChI is InChI=1S/C19H29N5O3.HI/c1-4-27-18(26)15-8-6-12-24(13-15)19(20-3)21-11-10-17(25)23-16-9-5-7-14(2)22-16;/h5,7,9,15H,4,6,8,10-13H2,1-3H3,(H,20,21)(H,22,23,25);1H. The molecule has 1 fully saturated rings. The van der Waals surface area contributed by atoms with Crippen LogP contribution in [0.1, 0.15) is 31.9 Å². The maximum absolute atomic E-state index is 12.1. The van der Waals surface area contributed by atoms with E-state index in [-0.39, 0.29) is 41.8 Å². The Morgan fingerprint density at radius 3 is 2.86 bits per heavy atom. The second-order valence-electron chi connectivity index (χ2n) is 6.47. The summed E-state index contributed by atoms with van der Waals surface area (Å²) in [5, 5.41) is 5.99. The number of nitrogens with zero attached hydrogens (tertiary/aromatic N) is 3. The van der Waals surface area contributed by atoms with E-state index in [1.54, 1.807) is 13.1 Å². The first-order valence-electron chi connectivity index (χ1n) is 9.39. The number of hydrogen-bond acceptors (Lipinski definition) is 5. The molecule has 1 saturated heterocycles. The van der Waals surface area contributed by atoms with Crippen LogP contribution in [0.4, 0.5) is 5.82 Å². The zero-order valence-electron chi connectivity index (χ0n) is 16.7. The van der Waals surface area contributed by atoms with E-state index >= 15 is 0 Å². The van der Waals surface area contributed by atoms with Gasteiger partial charge in [-0.3, -0.25) is 14.6 Å². The number of carbonyl (C=O) groups excluding carboxylic acids is 2. The van der Waals surface area contributed by atoms with Crippen molar-refractivity contribution in [3.8, 4) is 0 Å². The normalized spacial score (nSPS) is 16.8. The molecule has 1 aromatic heterocycles. The van der Waals surface area contributed by atoms with Crippen molar-refractivity contribution in [1.82, 2.24) is 15.2 Å². The van der Waals surface area contributed by atoms with Crippen LogP contribution in [-0.4, -0.2) is 61.0 Å². The van der Waals surface area contributed by atoms with E-state index in [1.807, 2.05) is 30.9 Å². The van der Waals surface area contributed by atoms with Gasteiger partial charge in [0, 0.05) is 38.8 Å². The Bertz CT molecular complexity index is 683. The third-order valence-electron chi connectivity index (χ3n) is 4.34. The minimum atomic E-state index is -0.150. The highest BCUT2D eigenvalue weighted by molar-refractivity contribution is 14.0. The first-order chi connectivity index (χ1) is 13.0. The molecule has 0 radical (unpaired) electrons. The van der Waals surface area contributed by atoms with Gasteiger partial charge in [0.25, 0.3) is 0 Å². The SMILES string of the molecule is CCOC(=O)C1CCCN(C(=NC)NCCC(=O)Nc2cccc(C)n2)C1.I. The number of likely N-dealkylation sites (tertiary alicyclic amines) is 1. The van der Waals surface area contributed by atoms with Crippen LogP contribution in [-0.2, 0) is 14.3 Å². The Labute approximate surface area is 183 Å². The van der Waals surface area contributed by atoms with Gasteiger partial charge in [0.2, 0.25) is 5.91 Å². The van der Waals surface area contributed by atoms with Gasteiger partial charge in [-0.25, -0.2) is 4.98 Å². The molecule has 9 heteroatoms. The van der Waals surface area contributed by atoms with E-state index in [1.165, 1.54) is 0 Å². The van der Waals surface area contributed by atoms with Crippen molar-refractivity contribution in [2.75, 3.05) is 38.6 Å². The van der Waals surface area contributed by atoms with E-state index in [4.69, 9.17) is 4.74 Å². The molecule has 0 bridgehead atoms. The highest BCUT2D eigenvalue weighted by Gasteiger charge is 2.28. The summed E-state index contributed by atoms with van der Waals surface area (Å²) in [7, 11) is 1.70. The smallest absolute Gasteiger partial charge is 0.310 e. The maximum atomic E-state index is 12.1. The molecule has 0 aromatic carbocycles. The molecule has 1 unspecified atom stereocenters. The first kappa shape index (κ1) is 24.1. The average molecular weight is 503 g/mol. The van der Waals surface area contributed by atoms with Crippen LogP contribution >= 0.6 is 24.0 Å². The number of hydrogen-bond donors (Lipinski definition) is 2. The number of esters is 1. The number of aliphatic imine (C=N–C) groups is 1. The Morgan fingerprint density at radius 1 is 1.39 bits per heavy atom. The van der Waals surface area contributed by atoms with E-state index in [0.29, 0.717) is 37.9 Å². The molecular formula is C19H30IN5O3. The van der Waals surface area contributed by atoms with Gasteiger partial charge in [0.05, 0.1) is 12.5 Å². The van der Waals surface area contributed by atoms with Gasteiger partial charge in [-0.05, 0) is 38.8 Å². The molecule has 1 amide bonds. The summed E-state index contributed by atoms with van der Waals surface area (Å²) >= 11 is 0. The monoisotopic (exact) mass is 503 g/mol. The molecule has 1 aliphatic heterocycles. The van der Waals surface area contributed by atoms with Crippen molar-refractivity contribution in [1.29, 1.82) is 0 Å². The number of guanidine groups is 1. The summed E-state index contributed by atoms with van der Waals surface area (Å²) in [6.07, 6.45) is 2.03. The topological polar surface area (TPSA) is 95.9 Å². The molecule has 0 aliphatic carbocycles. The molecular weight excluding hydrogens is 473 g/mol. The largest absolute Gasteiger partial charge is 0.466 e. The fraction of sp³-hybridized carbons (Fsp3) is 0.579. The predicted octanol–water partition coefficient (Wildman–Crippen LogP) is 2.19. The lowest BCUT2D eigenvalue weighted by atomic mass is 9.98. The number of ether oxygens (including phenoxy) is 1. The van der Waals surface area contributed by atoms with Crippen molar-refractivity contribution in [2.24, 2.45) is 10.9 Å². The number of anilines is 1. The van der Waals surface area contributed by atoms with Gasteiger partial charge < -0.3 is 20.3 Å². The summed E-state index contributed by atoms with van der Waals surface area (Å²) in [6.45, 7) is 5.95. The number of carbonyl (C=O) groups is 2. The van der Waals surface area contributed by atoms with Gasteiger partial charge in [-0.2, -0.15) is 0 Å². The van der Waals surface area contributed by atoms with Crippen molar-refractivity contribution in [3.05, 3.63) is 23.9 Å². The molecule has 156 valence electrons. The Balaban J connectivity index is 0.00000392. The van der Waals surface area contributed by atoms with Crippen LogP contribution in [0.2, 0.25) is 0 Å². The quantitative estimate of drug-likeness (QED) is 0.268. The maximum Gasteiger partial charge on any atom is 0.310 e. The molecule has 1 aromatic rings. The number of rotatable bonds is 6. The van der Waals surface area contributed by atoms with Crippen LogP contribution in [0, 0.1) is 12.8 Å². The minimum absolute atomic E-state index is 0. The van der Waals surface area contributed by atoms with Crippen molar-refractivity contribution in [3.63, 3.8) is 0 Å². The summed E-state index contributed by atoms with van der Waals surface area (Å²) in [6, 6.07) is 5.50. The first-order valence-corrected chi connectivity index (χ1v) is 9.39. The number of nitrogens with one attached hydrogen (secondary N) is 2. The number of aryl methyl sites for hydroxylation is 1. The van der Waals surface area contributed by atoms with Crippen LogP contribution in [0.15, 0.2) is 23.2 Å².